The molecule has 1 aromatic carbocycles. The minimum atomic E-state index is -1.15. The Morgan fingerprint density at radius 2 is 2.22 bits per heavy atom. The molecule has 100 valence electrons. The van der Waals surface area contributed by atoms with Crippen molar-refractivity contribution in [3.63, 3.8) is 0 Å². The molecule has 0 saturated heterocycles. The molecule has 1 aromatic rings. The van der Waals surface area contributed by atoms with Gasteiger partial charge in [0.05, 0.1) is 10.8 Å². The first kappa shape index (κ1) is 13.7. The zero-order valence-electron chi connectivity index (χ0n) is 10.6. The largest absolute Gasteiger partial charge is 0.330 e. The molecule has 4 heteroatoms. The fourth-order valence-electron chi connectivity index (χ4n) is 2.69. The molecule has 2 rings (SSSR count). The van der Waals surface area contributed by atoms with E-state index in [0.29, 0.717) is 23.3 Å². The van der Waals surface area contributed by atoms with Crippen molar-refractivity contribution in [1.29, 1.82) is 0 Å². The van der Waals surface area contributed by atoms with Crippen LogP contribution in [-0.4, -0.2) is 16.0 Å². The average Bonchev–Trinajstić information content (AvgIpc) is 2.38. The summed E-state index contributed by atoms with van der Waals surface area (Å²) in [4.78, 5) is 0.590. The number of nitrogens with two attached hydrogens (primary N) is 1. The summed E-state index contributed by atoms with van der Waals surface area (Å²) in [5, 5.41) is 0.0700. The first-order chi connectivity index (χ1) is 8.61. The summed E-state index contributed by atoms with van der Waals surface area (Å²) < 4.78 is 25.7. The van der Waals surface area contributed by atoms with Crippen LogP contribution in [0, 0.1) is 17.7 Å². The third-order valence-corrected chi connectivity index (χ3v) is 5.64. The van der Waals surface area contributed by atoms with E-state index < -0.39 is 10.8 Å². The number of hydrogen-bond donors (Lipinski definition) is 1. The van der Waals surface area contributed by atoms with E-state index in [4.69, 9.17) is 5.73 Å². The van der Waals surface area contributed by atoms with Crippen molar-refractivity contribution in [2.45, 2.75) is 36.3 Å². The molecule has 1 saturated carbocycles. The summed E-state index contributed by atoms with van der Waals surface area (Å²) in [7, 11) is -1.15. The topological polar surface area (TPSA) is 43.1 Å². The Hall–Kier alpha value is -0.740. The van der Waals surface area contributed by atoms with Crippen LogP contribution in [0.5, 0.6) is 0 Å². The maximum Gasteiger partial charge on any atom is 0.124 e. The smallest absolute Gasteiger partial charge is 0.124 e. The second-order valence-corrected chi connectivity index (χ2v) is 6.88. The van der Waals surface area contributed by atoms with Gasteiger partial charge in [0.25, 0.3) is 0 Å². The summed E-state index contributed by atoms with van der Waals surface area (Å²) in [6.45, 7) is 2.75. The lowest BCUT2D eigenvalue weighted by Gasteiger charge is -2.33. The molecule has 0 aromatic heterocycles. The molecule has 1 aliphatic carbocycles. The molecule has 1 aliphatic rings. The first-order valence-corrected chi connectivity index (χ1v) is 7.69. The molecule has 0 spiro atoms. The van der Waals surface area contributed by atoms with Crippen molar-refractivity contribution < 1.29 is 8.60 Å². The predicted octanol–water partition coefficient (Wildman–Crippen LogP) is 2.70. The van der Waals surface area contributed by atoms with Crippen LogP contribution in [0.15, 0.2) is 29.2 Å². The van der Waals surface area contributed by atoms with Gasteiger partial charge in [-0.2, -0.15) is 0 Å². The van der Waals surface area contributed by atoms with Gasteiger partial charge in [-0.3, -0.25) is 4.21 Å². The van der Waals surface area contributed by atoms with Gasteiger partial charge in [0.1, 0.15) is 5.82 Å². The predicted molar refractivity (Wildman–Crippen MR) is 72.2 cm³/mol. The van der Waals surface area contributed by atoms with Crippen LogP contribution in [0.25, 0.3) is 0 Å². The van der Waals surface area contributed by atoms with Crippen molar-refractivity contribution in [2.75, 3.05) is 6.54 Å². The zero-order valence-corrected chi connectivity index (χ0v) is 11.5. The summed E-state index contributed by atoms with van der Waals surface area (Å²) in [6.07, 6.45) is 3.10. The Balaban J connectivity index is 2.20. The van der Waals surface area contributed by atoms with Gasteiger partial charge in [0.2, 0.25) is 0 Å². The van der Waals surface area contributed by atoms with Crippen molar-refractivity contribution in [3.05, 3.63) is 30.1 Å². The highest BCUT2D eigenvalue weighted by Gasteiger charge is 2.32. The lowest BCUT2D eigenvalue weighted by Crippen LogP contribution is -2.36. The number of rotatable bonds is 3. The maximum absolute atomic E-state index is 13.2. The fourth-order valence-corrected chi connectivity index (χ4v) is 4.58. The minimum absolute atomic E-state index is 0.0700. The number of benzene rings is 1. The first-order valence-electron chi connectivity index (χ1n) is 6.48. The van der Waals surface area contributed by atoms with E-state index in [1.807, 2.05) is 0 Å². The van der Waals surface area contributed by atoms with Gasteiger partial charge in [-0.1, -0.05) is 19.4 Å². The molecule has 0 aliphatic heterocycles. The van der Waals surface area contributed by atoms with Crippen molar-refractivity contribution in [1.82, 2.24) is 0 Å². The average molecular weight is 269 g/mol. The maximum atomic E-state index is 13.2. The summed E-state index contributed by atoms with van der Waals surface area (Å²) in [5.41, 5.74) is 5.78. The van der Waals surface area contributed by atoms with Crippen molar-refractivity contribution in [3.8, 4) is 0 Å². The normalized spacial score (nSPS) is 30.1. The molecule has 0 radical (unpaired) electrons. The van der Waals surface area contributed by atoms with Gasteiger partial charge in [-0.25, -0.2) is 4.39 Å². The fraction of sp³-hybridized carbons (Fsp3) is 0.571. The van der Waals surface area contributed by atoms with E-state index >= 15 is 0 Å². The highest BCUT2D eigenvalue weighted by molar-refractivity contribution is 7.85. The zero-order chi connectivity index (χ0) is 13.1. The van der Waals surface area contributed by atoms with Crippen LogP contribution in [0.2, 0.25) is 0 Å². The quantitative estimate of drug-likeness (QED) is 0.917. The van der Waals surface area contributed by atoms with E-state index in [0.717, 1.165) is 19.3 Å². The van der Waals surface area contributed by atoms with E-state index in [2.05, 4.69) is 6.92 Å². The second kappa shape index (κ2) is 5.93. The van der Waals surface area contributed by atoms with Crippen LogP contribution in [0.4, 0.5) is 4.39 Å². The Kier molecular flexibility index (Phi) is 4.51. The van der Waals surface area contributed by atoms with Gasteiger partial charge in [-0.15, -0.1) is 0 Å². The van der Waals surface area contributed by atoms with Gasteiger partial charge in [0, 0.05) is 10.1 Å². The number of hydrogen-bond acceptors (Lipinski definition) is 2. The SMILES string of the molecule is CC1CCC(CN)C(S(=O)c2cccc(F)c2)C1. The Bertz CT molecular complexity index is 438. The lowest BCUT2D eigenvalue weighted by atomic mass is 9.82. The third-order valence-electron chi connectivity index (χ3n) is 3.80. The Labute approximate surface area is 110 Å². The van der Waals surface area contributed by atoms with Crippen LogP contribution in [0.1, 0.15) is 26.2 Å². The van der Waals surface area contributed by atoms with E-state index in [-0.39, 0.29) is 11.1 Å². The summed E-state index contributed by atoms with van der Waals surface area (Å²) in [6, 6.07) is 6.12. The standard InChI is InChI=1S/C14H20FNOS/c1-10-5-6-11(9-16)14(7-10)18(17)13-4-2-3-12(15)8-13/h2-4,8,10-11,14H,5-7,9,16H2,1H3. The molecule has 0 heterocycles. The van der Waals surface area contributed by atoms with Gasteiger partial charge in [-0.05, 0) is 49.4 Å². The summed E-state index contributed by atoms with van der Waals surface area (Å²) >= 11 is 0. The molecular weight excluding hydrogens is 249 g/mol. The molecular formula is C14H20FNOS. The number of halogens is 1. The molecule has 2 N–H and O–H groups in total. The van der Waals surface area contributed by atoms with Crippen LogP contribution < -0.4 is 5.73 Å². The van der Waals surface area contributed by atoms with E-state index in [1.165, 1.54) is 12.1 Å². The van der Waals surface area contributed by atoms with E-state index in [1.54, 1.807) is 12.1 Å². The minimum Gasteiger partial charge on any atom is -0.330 e. The highest BCUT2D eigenvalue weighted by atomic mass is 32.2. The molecule has 4 atom stereocenters. The van der Waals surface area contributed by atoms with Gasteiger partial charge < -0.3 is 5.73 Å². The Morgan fingerprint density at radius 3 is 2.89 bits per heavy atom. The second-order valence-electron chi connectivity index (χ2n) is 5.21. The summed E-state index contributed by atoms with van der Waals surface area (Å²) in [5.74, 6) is 0.551. The molecule has 4 unspecified atom stereocenters. The molecule has 0 amide bonds. The molecule has 2 nitrogen and oxygen atoms in total. The van der Waals surface area contributed by atoms with Crippen LogP contribution in [-0.2, 0) is 10.8 Å². The van der Waals surface area contributed by atoms with Crippen molar-refractivity contribution in [2.24, 2.45) is 17.6 Å². The molecule has 0 bridgehead atoms. The van der Waals surface area contributed by atoms with Crippen LogP contribution in [0.3, 0.4) is 0 Å². The van der Waals surface area contributed by atoms with Crippen molar-refractivity contribution >= 4 is 10.8 Å². The molecule has 1 fully saturated rings. The monoisotopic (exact) mass is 269 g/mol. The van der Waals surface area contributed by atoms with Crippen LogP contribution >= 0.6 is 0 Å². The van der Waals surface area contributed by atoms with E-state index in [9.17, 15) is 8.60 Å². The Morgan fingerprint density at radius 1 is 1.44 bits per heavy atom. The van der Waals surface area contributed by atoms with Gasteiger partial charge in [0.15, 0.2) is 0 Å². The third kappa shape index (κ3) is 2.98. The van der Waals surface area contributed by atoms with Gasteiger partial charge >= 0.3 is 0 Å². The highest BCUT2D eigenvalue weighted by Crippen LogP contribution is 2.33. The lowest BCUT2D eigenvalue weighted by molar-refractivity contribution is 0.302. The molecule has 18 heavy (non-hydrogen) atoms.